The molecule has 0 saturated carbocycles. The maximum absolute atomic E-state index is 11.8. The first-order valence-electron chi connectivity index (χ1n) is 6.02. The van der Waals surface area contributed by atoms with E-state index in [-0.39, 0.29) is 23.9 Å². The number of rotatable bonds is 3. The highest BCUT2D eigenvalue weighted by Crippen LogP contribution is 2.41. The maximum Gasteiger partial charge on any atom is 0.228 e. The first-order valence-corrected chi connectivity index (χ1v) is 6.02. The van der Waals surface area contributed by atoms with Crippen LogP contribution in [-0.2, 0) is 4.79 Å². The Morgan fingerprint density at radius 2 is 1.82 bits per heavy atom. The van der Waals surface area contributed by atoms with Crippen molar-refractivity contribution in [1.29, 1.82) is 0 Å². The van der Waals surface area contributed by atoms with E-state index in [1.54, 1.807) is 7.11 Å². The van der Waals surface area contributed by atoms with Gasteiger partial charge in [-0.05, 0) is 31.5 Å². The summed E-state index contributed by atoms with van der Waals surface area (Å²) in [6.45, 7) is 6.11. The summed E-state index contributed by atoms with van der Waals surface area (Å²) in [7, 11) is 1.66. The Balaban J connectivity index is 2.23. The van der Waals surface area contributed by atoms with Gasteiger partial charge in [-0.3, -0.25) is 4.79 Å². The predicted octanol–water partition coefficient (Wildman–Crippen LogP) is 2.62. The Labute approximate surface area is 102 Å². The van der Waals surface area contributed by atoms with E-state index in [9.17, 15) is 4.79 Å². The molecule has 2 atom stereocenters. The highest BCUT2D eigenvalue weighted by Gasteiger charge is 2.45. The smallest absolute Gasteiger partial charge is 0.228 e. The lowest BCUT2D eigenvalue weighted by atomic mass is 9.82. The second-order valence-corrected chi connectivity index (χ2v) is 4.85. The van der Waals surface area contributed by atoms with E-state index in [0.29, 0.717) is 0 Å². The zero-order valence-electron chi connectivity index (χ0n) is 10.8. The molecule has 0 aromatic heterocycles. The number of likely N-dealkylation sites (tertiary alicyclic amines) is 1. The molecule has 2 rings (SSSR count). The van der Waals surface area contributed by atoms with E-state index < -0.39 is 0 Å². The van der Waals surface area contributed by atoms with Crippen LogP contribution in [0.2, 0.25) is 0 Å². The minimum Gasteiger partial charge on any atom is -0.497 e. The number of nitrogens with zero attached hydrogens (tertiary/aromatic N) is 1. The largest absolute Gasteiger partial charge is 0.497 e. The molecule has 0 radical (unpaired) electrons. The molecule has 1 aliphatic rings. The summed E-state index contributed by atoms with van der Waals surface area (Å²) >= 11 is 0. The lowest BCUT2D eigenvalue weighted by molar-refractivity contribution is -0.158. The third-order valence-corrected chi connectivity index (χ3v) is 3.43. The first-order chi connectivity index (χ1) is 8.06. The Kier molecular flexibility index (Phi) is 3.09. The highest BCUT2D eigenvalue weighted by atomic mass is 16.5. The fourth-order valence-corrected chi connectivity index (χ4v) is 2.49. The molecule has 1 fully saturated rings. The molecule has 1 aromatic rings. The Bertz CT molecular complexity index is 411. The number of carbonyl (C=O) groups excluding carboxylic acids is 1. The van der Waals surface area contributed by atoms with Crippen LogP contribution in [0.4, 0.5) is 0 Å². The van der Waals surface area contributed by atoms with E-state index >= 15 is 0 Å². The molecule has 3 heteroatoms. The Hall–Kier alpha value is -1.51. The summed E-state index contributed by atoms with van der Waals surface area (Å²) in [4.78, 5) is 13.8. The van der Waals surface area contributed by atoms with Gasteiger partial charge in [-0.1, -0.05) is 19.1 Å². The van der Waals surface area contributed by atoms with Crippen LogP contribution >= 0.6 is 0 Å². The van der Waals surface area contributed by atoms with Crippen molar-refractivity contribution in [2.75, 3.05) is 7.11 Å². The summed E-state index contributed by atoms with van der Waals surface area (Å²) in [6.07, 6.45) is 0. The molecule has 0 spiro atoms. The average molecular weight is 233 g/mol. The van der Waals surface area contributed by atoms with Crippen molar-refractivity contribution in [3.05, 3.63) is 29.8 Å². The average Bonchev–Trinajstić information content (AvgIpc) is 2.34. The van der Waals surface area contributed by atoms with Gasteiger partial charge in [-0.25, -0.2) is 0 Å². The molecule has 1 aromatic carbocycles. The van der Waals surface area contributed by atoms with Crippen molar-refractivity contribution in [3.63, 3.8) is 0 Å². The molecule has 92 valence electrons. The van der Waals surface area contributed by atoms with Crippen LogP contribution in [0.15, 0.2) is 24.3 Å². The van der Waals surface area contributed by atoms with Crippen molar-refractivity contribution in [2.45, 2.75) is 32.9 Å². The lowest BCUT2D eigenvalue weighted by Gasteiger charge is -2.48. The molecule has 17 heavy (non-hydrogen) atoms. The second kappa shape index (κ2) is 4.40. The molecular formula is C14H19NO2. The fourth-order valence-electron chi connectivity index (χ4n) is 2.49. The minimum absolute atomic E-state index is 0.0887. The van der Waals surface area contributed by atoms with E-state index in [4.69, 9.17) is 4.74 Å². The van der Waals surface area contributed by atoms with Crippen LogP contribution in [0.5, 0.6) is 5.75 Å². The number of β-lactam (4-membered cyclic amide) rings is 1. The summed E-state index contributed by atoms with van der Waals surface area (Å²) < 4.78 is 5.14. The summed E-state index contributed by atoms with van der Waals surface area (Å²) in [5, 5.41) is 0. The molecule has 3 nitrogen and oxygen atoms in total. The van der Waals surface area contributed by atoms with Gasteiger partial charge in [0.25, 0.3) is 0 Å². The van der Waals surface area contributed by atoms with Gasteiger partial charge in [0, 0.05) is 6.04 Å². The molecule has 1 aliphatic heterocycles. The van der Waals surface area contributed by atoms with Gasteiger partial charge in [0.15, 0.2) is 0 Å². The molecular weight excluding hydrogens is 214 g/mol. The van der Waals surface area contributed by atoms with Crippen molar-refractivity contribution >= 4 is 5.91 Å². The predicted molar refractivity (Wildman–Crippen MR) is 66.9 cm³/mol. The van der Waals surface area contributed by atoms with Crippen LogP contribution < -0.4 is 4.74 Å². The van der Waals surface area contributed by atoms with E-state index in [1.807, 2.05) is 36.1 Å². The number of amides is 1. The van der Waals surface area contributed by atoms with Gasteiger partial charge in [-0.2, -0.15) is 0 Å². The molecule has 1 saturated heterocycles. The molecule has 1 heterocycles. The molecule has 0 unspecified atom stereocenters. The van der Waals surface area contributed by atoms with Crippen molar-refractivity contribution in [1.82, 2.24) is 4.90 Å². The van der Waals surface area contributed by atoms with Crippen LogP contribution in [0.3, 0.4) is 0 Å². The van der Waals surface area contributed by atoms with Gasteiger partial charge >= 0.3 is 0 Å². The quantitative estimate of drug-likeness (QED) is 0.751. The number of hydrogen-bond donors (Lipinski definition) is 0. The van der Waals surface area contributed by atoms with E-state index in [1.165, 1.54) is 5.56 Å². The molecule has 0 aliphatic carbocycles. The Morgan fingerprint density at radius 1 is 1.24 bits per heavy atom. The third kappa shape index (κ3) is 1.90. The van der Waals surface area contributed by atoms with Crippen LogP contribution in [0.25, 0.3) is 0 Å². The molecule has 0 bridgehead atoms. The number of hydrogen-bond acceptors (Lipinski definition) is 2. The maximum atomic E-state index is 11.8. The third-order valence-electron chi connectivity index (χ3n) is 3.43. The first kappa shape index (κ1) is 12.0. The number of benzene rings is 1. The monoisotopic (exact) mass is 233 g/mol. The summed E-state index contributed by atoms with van der Waals surface area (Å²) in [6, 6.07) is 8.45. The van der Waals surface area contributed by atoms with Gasteiger partial charge in [0.1, 0.15) is 5.75 Å². The Morgan fingerprint density at radius 3 is 2.29 bits per heavy atom. The number of ether oxygens (including phenoxy) is 1. The molecule has 0 N–H and O–H groups in total. The van der Waals surface area contributed by atoms with Crippen molar-refractivity contribution in [2.24, 2.45) is 5.92 Å². The van der Waals surface area contributed by atoms with Crippen LogP contribution in [0.1, 0.15) is 32.4 Å². The summed E-state index contributed by atoms with van der Waals surface area (Å²) in [5.74, 6) is 1.19. The molecule has 1 amide bonds. The number of carbonyl (C=O) groups is 1. The zero-order chi connectivity index (χ0) is 12.6. The van der Waals surface area contributed by atoms with Gasteiger partial charge in [0.05, 0.1) is 19.1 Å². The normalized spacial score (nSPS) is 23.8. The second-order valence-electron chi connectivity index (χ2n) is 4.85. The highest BCUT2D eigenvalue weighted by molar-refractivity contribution is 5.86. The van der Waals surface area contributed by atoms with Crippen LogP contribution in [0, 0.1) is 5.92 Å². The van der Waals surface area contributed by atoms with Gasteiger partial charge < -0.3 is 9.64 Å². The number of methoxy groups -OCH3 is 1. The van der Waals surface area contributed by atoms with Crippen LogP contribution in [-0.4, -0.2) is 24.0 Å². The zero-order valence-corrected chi connectivity index (χ0v) is 10.8. The van der Waals surface area contributed by atoms with E-state index in [2.05, 4.69) is 13.8 Å². The van der Waals surface area contributed by atoms with E-state index in [0.717, 1.165) is 5.75 Å². The standard InChI is InChI=1S/C14H19NO2/c1-9(2)15-13(10(3)14(15)16)11-5-7-12(17-4)8-6-11/h5-10,13H,1-4H3/t10-,13+/m0/s1. The minimum atomic E-state index is 0.0887. The lowest BCUT2D eigenvalue weighted by Crippen LogP contribution is -2.56. The fraction of sp³-hybridized carbons (Fsp3) is 0.500. The van der Waals surface area contributed by atoms with Gasteiger partial charge in [0.2, 0.25) is 5.91 Å². The topological polar surface area (TPSA) is 29.5 Å². The van der Waals surface area contributed by atoms with Gasteiger partial charge in [-0.15, -0.1) is 0 Å². The SMILES string of the molecule is COc1ccc([C@H]2[C@H](C)C(=O)N2C(C)C)cc1. The summed E-state index contributed by atoms with van der Waals surface area (Å²) in [5.41, 5.74) is 1.19. The van der Waals surface area contributed by atoms with Crippen molar-refractivity contribution in [3.8, 4) is 5.75 Å². The van der Waals surface area contributed by atoms with Crippen molar-refractivity contribution < 1.29 is 9.53 Å².